The van der Waals surface area contributed by atoms with Gasteiger partial charge in [0.15, 0.2) is 10.3 Å². The molecule has 2 saturated carbocycles. The van der Waals surface area contributed by atoms with Gasteiger partial charge >= 0.3 is 0 Å². The van der Waals surface area contributed by atoms with Crippen molar-refractivity contribution >= 4 is 39.5 Å². The van der Waals surface area contributed by atoms with Gasteiger partial charge in [-0.25, -0.2) is 15.0 Å². The summed E-state index contributed by atoms with van der Waals surface area (Å²) in [6.45, 7) is 4.71. The third-order valence-electron chi connectivity index (χ3n) is 8.39. The lowest BCUT2D eigenvalue weighted by molar-refractivity contribution is 0.228. The molecule has 2 N–H and O–H groups in total. The SMILES string of the molecule is CCC1CC(C)=C(Nc2nc(Sc3nc4ccccc4[nH]3)nc3ccccc23)C2CC12C1CC1. The molecule has 0 amide bonds. The molecule has 0 bridgehead atoms. The Morgan fingerprint density at radius 2 is 1.82 bits per heavy atom. The average Bonchev–Trinajstić information content (AvgIpc) is 3.76. The lowest BCUT2D eigenvalue weighted by Gasteiger charge is -2.34. The van der Waals surface area contributed by atoms with Crippen LogP contribution in [-0.4, -0.2) is 19.9 Å². The summed E-state index contributed by atoms with van der Waals surface area (Å²) in [4.78, 5) is 18.0. The van der Waals surface area contributed by atoms with Crippen molar-refractivity contribution in [3.63, 3.8) is 0 Å². The second-order valence-corrected chi connectivity index (χ2v) is 11.3. The summed E-state index contributed by atoms with van der Waals surface area (Å²) >= 11 is 1.49. The third-order valence-corrected chi connectivity index (χ3v) is 9.14. The van der Waals surface area contributed by atoms with E-state index in [2.05, 4.69) is 42.3 Å². The van der Waals surface area contributed by atoms with Crippen LogP contribution in [0.3, 0.4) is 0 Å². The smallest absolute Gasteiger partial charge is 0.197 e. The number of nitrogens with zero attached hydrogens (tertiary/aromatic N) is 3. The second-order valence-electron chi connectivity index (χ2n) is 10.3. The highest BCUT2D eigenvalue weighted by molar-refractivity contribution is 7.99. The topological polar surface area (TPSA) is 66.5 Å². The van der Waals surface area contributed by atoms with Gasteiger partial charge in [0.25, 0.3) is 0 Å². The van der Waals surface area contributed by atoms with Crippen molar-refractivity contribution in [2.24, 2.45) is 23.2 Å². The fourth-order valence-corrected chi connectivity index (χ4v) is 7.35. The van der Waals surface area contributed by atoms with Crippen LogP contribution in [-0.2, 0) is 0 Å². The Morgan fingerprint density at radius 1 is 1.03 bits per heavy atom. The van der Waals surface area contributed by atoms with Crippen molar-refractivity contribution in [2.75, 3.05) is 5.32 Å². The Labute approximate surface area is 203 Å². The van der Waals surface area contributed by atoms with E-state index in [1.165, 1.54) is 55.1 Å². The van der Waals surface area contributed by atoms with Crippen LogP contribution >= 0.6 is 11.8 Å². The Hall–Kier alpha value is -2.86. The molecule has 2 fully saturated rings. The molecular weight excluding hydrogens is 438 g/mol. The van der Waals surface area contributed by atoms with Crippen LogP contribution < -0.4 is 5.32 Å². The fourth-order valence-electron chi connectivity index (χ4n) is 6.60. The van der Waals surface area contributed by atoms with Crippen molar-refractivity contribution in [1.29, 1.82) is 0 Å². The molecule has 3 aliphatic rings. The minimum Gasteiger partial charge on any atom is -0.343 e. The predicted molar refractivity (Wildman–Crippen MR) is 138 cm³/mol. The molecule has 7 rings (SSSR count). The van der Waals surface area contributed by atoms with Crippen molar-refractivity contribution in [1.82, 2.24) is 19.9 Å². The molecule has 2 aromatic carbocycles. The van der Waals surface area contributed by atoms with Crippen molar-refractivity contribution < 1.29 is 0 Å². The first-order valence-corrected chi connectivity index (χ1v) is 13.3. The lowest BCUT2D eigenvalue weighted by Crippen LogP contribution is -2.27. The number of fused-ring (bicyclic) bond motifs is 3. The van der Waals surface area contributed by atoms with Gasteiger partial charge in [0, 0.05) is 17.0 Å². The number of allylic oxidation sites excluding steroid dienone is 2. The first-order valence-electron chi connectivity index (χ1n) is 12.5. The quantitative estimate of drug-likeness (QED) is 0.294. The van der Waals surface area contributed by atoms with Crippen LogP contribution in [0.2, 0.25) is 0 Å². The predicted octanol–water partition coefficient (Wildman–Crippen LogP) is 7.19. The number of imidazole rings is 1. The van der Waals surface area contributed by atoms with Gasteiger partial charge in [-0.05, 0) is 85.9 Å². The summed E-state index contributed by atoms with van der Waals surface area (Å²) in [6, 6.07) is 16.4. The van der Waals surface area contributed by atoms with E-state index >= 15 is 0 Å². The zero-order chi connectivity index (χ0) is 22.9. The van der Waals surface area contributed by atoms with Crippen LogP contribution in [0.25, 0.3) is 21.9 Å². The molecule has 0 radical (unpaired) electrons. The van der Waals surface area contributed by atoms with Gasteiger partial charge in [-0.15, -0.1) is 0 Å². The molecule has 0 saturated heterocycles. The maximum Gasteiger partial charge on any atom is 0.197 e. The summed E-state index contributed by atoms with van der Waals surface area (Å²) in [5, 5.41) is 6.46. The van der Waals surface area contributed by atoms with E-state index in [-0.39, 0.29) is 0 Å². The highest BCUT2D eigenvalue weighted by Gasteiger charge is 2.67. The maximum atomic E-state index is 5.02. The van der Waals surface area contributed by atoms with Crippen LogP contribution in [0.1, 0.15) is 46.0 Å². The molecule has 0 aliphatic heterocycles. The Kier molecular flexibility index (Phi) is 4.57. The number of benzene rings is 2. The molecule has 2 heterocycles. The fraction of sp³-hybridized carbons (Fsp3) is 0.393. The maximum absolute atomic E-state index is 5.02. The van der Waals surface area contributed by atoms with Gasteiger partial charge in [0.1, 0.15) is 5.82 Å². The summed E-state index contributed by atoms with van der Waals surface area (Å²) in [5.41, 5.74) is 6.44. The molecule has 6 heteroatoms. The highest BCUT2D eigenvalue weighted by atomic mass is 32.2. The van der Waals surface area contributed by atoms with Crippen LogP contribution in [0.15, 0.2) is 70.1 Å². The third kappa shape index (κ3) is 3.18. The van der Waals surface area contributed by atoms with Gasteiger partial charge in [-0.1, -0.05) is 43.2 Å². The average molecular weight is 468 g/mol. The zero-order valence-corrected chi connectivity index (χ0v) is 20.5. The van der Waals surface area contributed by atoms with E-state index in [0.29, 0.717) is 16.5 Å². The Balaban J connectivity index is 1.26. The Bertz CT molecular complexity index is 1420. The summed E-state index contributed by atoms with van der Waals surface area (Å²) in [5.74, 6) is 3.37. The molecule has 34 heavy (non-hydrogen) atoms. The monoisotopic (exact) mass is 467 g/mol. The van der Waals surface area contributed by atoms with Crippen LogP contribution in [0, 0.1) is 23.2 Å². The number of hydrogen-bond acceptors (Lipinski definition) is 5. The highest BCUT2D eigenvalue weighted by Crippen LogP contribution is 2.74. The van der Waals surface area contributed by atoms with E-state index in [9.17, 15) is 0 Å². The van der Waals surface area contributed by atoms with E-state index in [1.807, 2.05) is 30.3 Å². The van der Waals surface area contributed by atoms with E-state index < -0.39 is 0 Å². The summed E-state index contributed by atoms with van der Waals surface area (Å²) in [6.07, 6.45) is 6.71. The molecule has 172 valence electrons. The van der Waals surface area contributed by atoms with E-state index in [1.54, 1.807) is 0 Å². The van der Waals surface area contributed by atoms with Gasteiger partial charge in [0.05, 0.1) is 16.6 Å². The molecule has 3 atom stereocenters. The van der Waals surface area contributed by atoms with Crippen LogP contribution in [0.4, 0.5) is 5.82 Å². The number of H-pyrrole nitrogens is 1. The number of anilines is 1. The standard InChI is InChI=1S/C28H29N5S/c1-3-17-14-16(2)24(20-15-28(17,20)18-12-13-18)32-25-19-8-4-5-9-21(19)29-27(33-25)34-26-30-22-10-6-7-11-23(22)31-26/h4-11,17-18,20H,3,12-15H2,1-2H3,(H,30,31)(H,29,32,33). The summed E-state index contributed by atoms with van der Waals surface area (Å²) < 4.78 is 0. The van der Waals surface area contributed by atoms with Gasteiger partial charge in [-0.2, -0.15) is 0 Å². The number of aromatic nitrogens is 4. The number of nitrogens with one attached hydrogen (secondary N) is 2. The van der Waals surface area contributed by atoms with E-state index in [4.69, 9.17) is 15.0 Å². The number of rotatable bonds is 6. The normalized spacial score (nSPS) is 26.2. The van der Waals surface area contributed by atoms with Gasteiger partial charge in [-0.3, -0.25) is 0 Å². The molecular formula is C28H29N5S. The minimum absolute atomic E-state index is 0.547. The second kappa shape index (κ2) is 7.57. The molecule has 0 spiro atoms. The molecule has 5 nitrogen and oxygen atoms in total. The molecule has 2 aromatic heterocycles. The lowest BCUT2D eigenvalue weighted by atomic mass is 9.73. The van der Waals surface area contributed by atoms with Crippen LogP contribution in [0.5, 0.6) is 0 Å². The Morgan fingerprint density at radius 3 is 2.62 bits per heavy atom. The molecule has 3 unspecified atom stereocenters. The van der Waals surface area contributed by atoms with Crippen molar-refractivity contribution in [3.8, 4) is 0 Å². The number of aromatic amines is 1. The minimum atomic E-state index is 0.547. The summed E-state index contributed by atoms with van der Waals surface area (Å²) in [7, 11) is 0. The molecule has 4 aromatic rings. The first-order chi connectivity index (χ1) is 16.7. The van der Waals surface area contributed by atoms with Gasteiger partial charge in [0.2, 0.25) is 0 Å². The first kappa shape index (κ1) is 20.5. The van der Waals surface area contributed by atoms with Crippen molar-refractivity contribution in [3.05, 3.63) is 59.8 Å². The number of hydrogen-bond donors (Lipinski definition) is 2. The number of para-hydroxylation sites is 3. The largest absolute Gasteiger partial charge is 0.343 e. The zero-order valence-electron chi connectivity index (χ0n) is 19.6. The molecule has 3 aliphatic carbocycles. The van der Waals surface area contributed by atoms with Gasteiger partial charge < -0.3 is 10.3 Å². The van der Waals surface area contributed by atoms with E-state index in [0.717, 1.165) is 44.7 Å². The van der Waals surface area contributed by atoms with Crippen molar-refractivity contribution in [2.45, 2.75) is 56.3 Å².